The second-order valence-electron chi connectivity index (χ2n) is 5.34. The summed E-state index contributed by atoms with van der Waals surface area (Å²) < 4.78 is 1.80. The van der Waals surface area contributed by atoms with E-state index in [0.29, 0.717) is 23.2 Å². The summed E-state index contributed by atoms with van der Waals surface area (Å²) in [5.41, 5.74) is 1.44. The Morgan fingerprint density at radius 3 is 3.00 bits per heavy atom. The highest BCUT2D eigenvalue weighted by atomic mass is 35.5. The van der Waals surface area contributed by atoms with E-state index < -0.39 is 0 Å². The van der Waals surface area contributed by atoms with Crippen LogP contribution in [-0.4, -0.2) is 28.5 Å². The molecule has 2 heterocycles. The van der Waals surface area contributed by atoms with E-state index in [0.717, 1.165) is 12.2 Å². The van der Waals surface area contributed by atoms with E-state index in [9.17, 15) is 4.79 Å². The number of nitrogens with one attached hydrogen (secondary N) is 2. The fourth-order valence-electron chi connectivity index (χ4n) is 2.66. The van der Waals surface area contributed by atoms with Gasteiger partial charge < -0.3 is 15.2 Å². The SMILES string of the molecule is CC1CNCC1C(=O)Nc1cccc(Cl)c1-n1ccnc1. The maximum Gasteiger partial charge on any atom is 0.229 e. The third-order valence-corrected chi connectivity index (χ3v) is 4.17. The molecule has 2 atom stereocenters. The van der Waals surface area contributed by atoms with Gasteiger partial charge in [-0.05, 0) is 24.6 Å². The molecule has 0 radical (unpaired) electrons. The molecule has 1 aliphatic rings. The Kier molecular flexibility index (Phi) is 3.94. The summed E-state index contributed by atoms with van der Waals surface area (Å²) in [6.45, 7) is 3.68. The molecule has 0 aliphatic carbocycles. The molecule has 21 heavy (non-hydrogen) atoms. The van der Waals surface area contributed by atoms with Gasteiger partial charge in [0.25, 0.3) is 0 Å². The normalized spacial score (nSPS) is 21.4. The lowest BCUT2D eigenvalue weighted by Gasteiger charge is -2.17. The average molecular weight is 305 g/mol. The number of rotatable bonds is 3. The first-order chi connectivity index (χ1) is 10.2. The third kappa shape index (κ3) is 2.80. The number of hydrogen-bond donors (Lipinski definition) is 2. The Labute approximate surface area is 128 Å². The summed E-state index contributed by atoms with van der Waals surface area (Å²) in [4.78, 5) is 16.5. The first kappa shape index (κ1) is 14.1. The number of anilines is 1. The zero-order valence-corrected chi connectivity index (χ0v) is 12.5. The molecule has 6 heteroatoms. The van der Waals surface area contributed by atoms with Gasteiger partial charge >= 0.3 is 0 Å². The van der Waals surface area contributed by atoms with Crippen molar-refractivity contribution in [2.45, 2.75) is 6.92 Å². The zero-order valence-electron chi connectivity index (χ0n) is 11.7. The van der Waals surface area contributed by atoms with Crippen LogP contribution in [0.2, 0.25) is 5.02 Å². The summed E-state index contributed by atoms with van der Waals surface area (Å²) in [6, 6.07) is 5.48. The minimum atomic E-state index is -0.0142. The van der Waals surface area contributed by atoms with Gasteiger partial charge in [0.1, 0.15) is 0 Å². The van der Waals surface area contributed by atoms with Crippen molar-refractivity contribution in [2.24, 2.45) is 11.8 Å². The van der Waals surface area contributed by atoms with Crippen LogP contribution < -0.4 is 10.6 Å². The first-order valence-electron chi connectivity index (χ1n) is 6.95. The molecule has 1 amide bonds. The molecule has 1 aliphatic heterocycles. The summed E-state index contributed by atoms with van der Waals surface area (Å²) in [6.07, 6.45) is 5.14. The Hall–Kier alpha value is -1.85. The number of halogens is 1. The Morgan fingerprint density at radius 2 is 2.33 bits per heavy atom. The smallest absolute Gasteiger partial charge is 0.229 e. The fourth-order valence-corrected chi connectivity index (χ4v) is 2.93. The van der Waals surface area contributed by atoms with Gasteiger partial charge in [0, 0.05) is 18.9 Å². The topological polar surface area (TPSA) is 59.0 Å². The maximum absolute atomic E-state index is 12.4. The Morgan fingerprint density at radius 1 is 1.48 bits per heavy atom. The predicted octanol–water partition coefficient (Wildman–Crippen LogP) is 2.32. The molecule has 1 aromatic heterocycles. The molecular formula is C15H17ClN4O. The number of carbonyl (C=O) groups excluding carboxylic acids is 1. The number of amides is 1. The monoisotopic (exact) mass is 304 g/mol. The molecule has 1 fully saturated rings. The van der Waals surface area contributed by atoms with Gasteiger partial charge in [-0.25, -0.2) is 4.98 Å². The standard InChI is InChI=1S/C15H17ClN4O/c1-10-7-18-8-11(10)15(21)19-13-4-2-3-12(16)14(13)20-6-5-17-9-20/h2-6,9-11,18H,7-8H2,1H3,(H,19,21). The lowest BCUT2D eigenvalue weighted by molar-refractivity contribution is -0.120. The Bertz CT molecular complexity index is 641. The van der Waals surface area contributed by atoms with Crippen LogP contribution in [0.25, 0.3) is 5.69 Å². The van der Waals surface area contributed by atoms with Crippen molar-refractivity contribution in [3.8, 4) is 5.69 Å². The highest BCUT2D eigenvalue weighted by Crippen LogP contribution is 2.29. The largest absolute Gasteiger partial charge is 0.324 e. The number of hydrogen-bond acceptors (Lipinski definition) is 3. The van der Waals surface area contributed by atoms with E-state index >= 15 is 0 Å². The van der Waals surface area contributed by atoms with Crippen molar-refractivity contribution < 1.29 is 4.79 Å². The number of imidazole rings is 1. The lowest BCUT2D eigenvalue weighted by atomic mass is 9.97. The highest BCUT2D eigenvalue weighted by Gasteiger charge is 2.30. The van der Waals surface area contributed by atoms with Gasteiger partial charge in [-0.15, -0.1) is 0 Å². The van der Waals surface area contributed by atoms with Crippen molar-refractivity contribution in [3.63, 3.8) is 0 Å². The van der Waals surface area contributed by atoms with Crippen molar-refractivity contribution in [1.29, 1.82) is 0 Å². The van der Waals surface area contributed by atoms with Crippen LogP contribution in [0.1, 0.15) is 6.92 Å². The molecule has 2 aromatic rings. The van der Waals surface area contributed by atoms with Crippen LogP contribution in [0.5, 0.6) is 0 Å². The van der Waals surface area contributed by atoms with E-state index in [4.69, 9.17) is 11.6 Å². The Balaban J connectivity index is 1.89. The van der Waals surface area contributed by atoms with Gasteiger partial charge in [0.15, 0.2) is 0 Å². The summed E-state index contributed by atoms with van der Waals surface area (Å²) in [5, 5.41) is 6.81. The minimum Gasteiger partial charge on any atom is -0.324 e. The molecule has 0 bridgehead atoms. The molecule has 1 aromatic carbocycles. The van der Waals surface area contributed by atoms with E-state index in [1.807, 2.05) is 12.1 Å². The van der Waals surface area contributed by atoms with Crippen LogP contribution in [0.15, 0.2) is 36.9 Å². The van der Waals surface area contributed by atoms with Crippen molar-refractivity contribution >= 4 is 23.2 Å². The van der Waals surface area contributed by atoms with Gasteiger partial charge in [0.05, 0.1) is 28.6 Å². The molecule has 2 N–H and O–H groups in total. The minimum absolute atomic E-state index is 0.0142. The van der Waals surface area contributed by atoms with Crippen molar-refractivity contribution in [1.82, 2.24) is 14.9 Å². The van der Waals surface area contributed by atoms with Gasteiger partial charge in [-0.3, -0.25) is 4.79 Å². The second kappa shape index (κ2) is 5.87. The maximum atomic E-state index is 12.4. The quantitative estimate of drug-likeness (QED) is 0.915. The molecule has 1 saturated heterocycles. The third-order valence-electron chi connectivity index (χ3n) is 3.86. The molecular weight excluding hydrogens is 288 g/mol. The molecule has 0 saturated carbocycles. The van der Waals surface area contributed by atoms with Crippen LogP contribution in [0.3, 0.4) is 0 Å². The molecule has 110 valence electrons. The number of para-hydroxylation sites is 1. The average Bonchev–Trinajstić information content (AvgIpc) is 3.10. The fraction of sp³-hybridized carbons (Fsp3) is 0.333. The zero-order chi connectivity index (χ0) is 14.8. The van der Waals surface area contributed by atoms with Gasteiger partial charge in [-0.1, -0.05) is 24.6 Å². The van der Waals surface area contributed by atoms with E-state index in [1.54, 1.807) is 29.4 Å². The van der Waals surface area contributed by atoms with Gasteiger partial charge in [-0.2, -0.15) is 0 Å². The van der Waals surface area contributed by atoms with Crippen molar-refractivity contribution in [2.75, 3.05) is 18.4 Å². The summed E-state index contributed by atoms with van der Waals surface area (Å²) >= 11 is 6.28. The van der Waals surface area contributed by atoms with E-state index in [1.165, 1.54) is 0 Å². The molecule has 5 nitrogen and oxygen atoms in total. The lowest BCUT2D eigenvalue weighted by Crippen LogP contribution is -2.28. The van der Waals surface area contributed by atoms with Crippen LogP contribution in [0.4, 0.5) is 5.69 Å². The number of benzene rings is 1. The van der Waals surface area contributed by atoms with Crippen LogP contribution in [0, 0.1) is 11.8 Å². The number of carbonyl (C=O) groups is 1. The van der Waals surface area contributed by atoms with E-state index in [2.05, 4.69) is 22.5 Å². The molecule has 2 unspecified atom stereocenters. The number of nitrogens with zero attached hydrogens (tertiary/aromatic N) is 2. The molecule has 3 rings (SSSR count). The highest BCUT2D eigenvalue weighted by molar-refractivity contribution is 6.33. The summed E-state index contributed by atoms with van der Waals surface area (Å²) in [7, 11) is 0. The molecule has 0 spiro atoms. The van der Waals surface area contributed by atoms with E-state index in [-0.39, 0.29) is 11.8 Å². The van der Waals surface area contributed by atoms with Crippen LogP contribution >= 0.6 is 11.6 Å². The number of aromatic nitrogens is 2. The first-order valence-corrected chi connectivity index (χ1v) is 7.33. The van der Waals surface area contributed by atoms with Crippen molar-refractivity contribution in [3.05, 3.63) is 41.9 Å². The van der Waals surface area contributed by atoms with Crippen LogP contribution in [-0.2, 0) is 4.79 Å². The summed E-state index contributed by atoms with van der Waals surface area (Å²) in [5.74, 6) is 0.344. The second-order valence-corrected chi connectivity index (χ2v) is 5.74. The van der Waals surface area contributed by atoms with Gasteiger partial charge in [0.2, 0.25) is 5.91 Å². The predicted molar refractivity (Wildman–Crippen MR) is 82.7 cm³/mol.